The molecule has 2 fully saturated rings. The number of ether oxygens (including phenoxy) is 3. The zero-order valence-electron chi connectivity index (χ0n) is 20.7. The van der Waals surface area contributed by atoms with Crippen LogP contribution in [0.3, 0.4) is 0 Å². The first kappa shape index (κ1) is 25.3. The first-order valence-corrected chi connectivity index (χ1v) is 11.9. The number of nitrogens with zero attached hydrogens (tertiary/aromatic N) is 2. The molecule has 2 aliphatic heterocycles. The molecule has 0 saturated carbocycles. The van der Waals surface area contributed by atoms with Crippen LogP contribution >= 0.6 is 0 Å². The molecular weight excluding hydrogens is 422 g/mol. The first-order valence-electron chi connectivity index (χ1n) is 11.9. The fraction of sp³-hybridized carbons (Fsp3) is 0.680. The van der Waals surface area contributed by atoms with Gasteiger partial charge in [0.2, 0.25) is 11.8 Å². The lowest BCUT2D eigenvalue weighted by Gasteiger charge is -2.37. The molecule has 8 heteroatoms. The monoisotopic (exact) mass is 461 g/mol. The molecule has 2 aliphatic rings. The molecule has 0 radical (unpaired) electrons. The molecule has 0 aliphatic carbocycles. The van der Waals surface area contributed by atoms with Crippen LogP contribution in [-0.2, 0) is 14.3 Å². The second-order valence-corrected chi connectivity index (χ2v) is 9.84. The van der Waals surface area contributed by atoms with Crippen molar-refractivity contribution in [1.29, 1.82) is 0 Å². The van der Waals surface area contributed by atoms with Crippen molar-refractivity contribution in [2.24, 2.45) is 11.3 Å². The zero-order valence-corrected chi connectivity index (χ0v) is 20.7. The van der Waals surface area contributed by atoms with E-state index in [-0.39, 0.29) is 29.2 Å². The molecular formula is C25H39N3O5. The van der Waals surface area contributed by atoms with Gasteiger partial charge < -0.3 is 24.4 Å². The summed E-state index contributed by atoms with van der Waals surface area (Å²) in [6.45, 7) is 10.6. The Kier molecular flexibility index (Phi) is 8.59. The number of amides is 2. The summed E-state index contributed by atoms with van der Waals surface area (Å²) in [7, 11) is 3.25. The van der Waals surface area contributed by atoms with Gasteiger partial charge in [0, 0.05) is 44.1 Å². The van der Waals surface area contributed by atoms with Gasteiger partial charge in [0.15, 0.2) is 11.5 Å². The molecule has 2 saturated heterocycles. The molecule has 33 heavy (non-hydrogen) atoms. The molecule has 0 aromatic heterocycles. The SMILES string of the molecule is COc1ccc(C(CNC(=O)C2CCN(C(=O)C(C)(C)C)CC2)N2CCOCC2)cc1OC. The Balaban J connectivity index is 1.64. The van der Waals surface area contributed by atoms with Crippen LogP contribution in [0.5, 0.6) is 11.5 Å². The van der Waals surface area contributed by atoms with Gasteiger partial charge in [-0.3, -0.25) is 14.5 Å². The number of hydrogen-bond acceptors (Lipinski definition) is 6. The van der Waals surface area contributed by atoms with Crippen molar-refractivity contribution in [3.8, 4) is 11.5 Å². The van der Waals surface area contributed by atoms with Crippen molar-refractivity contribution in [2.75, 3.05) is 60.2 Å². The number of likely N-dealkylation sites (tertiary alicyclic amines) is 1. The Morgan fingerprint density at radius 1 is 1.06 bits per heavy atom. The van der Waals surface area contributed by atoms with Gasteiger partial charge in [0.25, 0.3) is 0 Å². The number of methoxy groups -OCH3 is 2. The molecule has 1 aromatic rings. The lowest BCUT2D eigenvalue weighted by molar-refractivity contribution is -0.142. The van der Waals surface area contributed by atoms with Crippen molar-refractivity contribution >= 4 is 11.8 Å². The van der Waals surface area contributed by atoms with Gasteiger partial charge in [-0.1, -0.05) is 26.8 Å². The Bertz CT molecular complexity index is 809. The average Bonchev–Trinajstić information content (AvgIpc) is 2.83. The summed E-state index contributed by atoms with van der Waals surface area (Å²) in [5.74, 6) is 1.52. The molecule has 0 bridgehead atoms. The highest BCUT2D eigenvalue weighted by Gasteiger charge is 2.33. The van der Waals surface area contributed by atoms with Crippen molar-refractivity contribution in [1.82, 2.24) is 15.1 Å². The minimum absolute atomic E-state index is 0.0141. The normalized spacial score (nSPS) is 19.1. The van der Waals surface area contributed by atoms with E-state index in [0.29, 0.717) is 57.2 Å². The smallest absolute Gasteiger partial charge is 0.227 e. The number of nitrogens with one attached hydrogen (secondary N) is 1. The minimum Gasteiger partial charge on any atom is -0.493 e. The third-order valence-electron chi connectivity index (χ3n) is 6.54. The first-order chi connectivity index (χ1) is 15.7. The van der Waals surface area contributed by atoms with Gasteiger partial charge in [0.05, 0.1) is 33.5 Å². The van der Waals surface area contributed by atoms with Crippen LogP contribution in [0.15, 0.2) is 18.2 Å². The van der Waals surface area contributed by atoms with E-state index in [4.69, 9.17) is 14.2 Å². The number of rotatable bonds is 7. The average molecular weight is 462 g/mol. The number of hydrogen-bond donors (Lipinski definition) is 1. The maximum atomic E-state index is 13.0. The molecule has 8 nitrogen and oxygen atoms in total. The fourth-order valence-corrected chi connectivity index (χ4v) is 4.57. The van der Waals surface area contributed by atoms with Gasteiger partial charge in [-0.25, -0.2) is 0 Å². The summed E-state index contributed by atoms with van der Waals surface area (Å²) >= 11 is 0. The quantitative estimate of drug-likeness (QED) is 0.672. The number of piperidine rings is 1. The summed E-state index contributed by atoms with van der Waals surface area (Å²) in [6, 6.07) is 5.94. The lowest BCUT2D eigenvalue weighted by atomic mass is 9.90. The van der Waals surface area contributed by atoms with Gasteiger partial charge >= 0.3 is 0 Å². The summed E-state index contributed by atoms with van der Waals surface area (Å²) in [4.78, 5) is 29.8. The van der Waals surface area contributed by atoms with E-state index in [1.807, 2.05) is 43.9 Å². The molecule has 2 amide bonds. The molecule has 1 aromatic carbocycles. The molecule has 1 atom stereocenters. The number of carbonyl (C=O) groups is 2. The van der Waals surface area contributed by atoms with Gasteiger partial charge in [0.1, 0.15) is 0 Å². The van der Waals surface area contributed by atoms with E-state index in [1.165, 1.54) is 0 Å². The Morgan fingerprint density at radius 2 is 1.70 bits per heavy atom. The van der Waals surface area contributed by atoms with Crippen LogP contribution in [0.2, 0.25) is 0 Å². The summed E-state index contributed by atoms with van der Waals surface area (Å²) in [5, 5.41) is 3.19. The maximum absolute atomic E-state index is 13.0. The van der Waals surface area contributed by atoms with E-state index < -0.39 is 0 Å². The van der Waals surface area contributed by atoms with E-state index in [9.17, 15) is 9.59 Å². The third-order valence-corrected chi connectivity index (χ3v) is 6.54. The highest BCUT2D eigenvalue weighted by molar-refractivity contribution is 5.82. The topological polar surface area (TPSA) is 80.3 Å². The second kappa shape index (κ2) is 11.2. The molecule has 1 unspecified atom stereocenters. The number of carbonyl (C=O) groups excluding carboxylic acids is 2. The number of morpholine rings is 1. The van der Waals surface area contributed by atoms with Crippen LogP contribution in [-0.4, -0.2) is 81.8 Å². The fourth-order valence-electron chi connectivity index (χ4n) is 4.57. The number of benzene rings is 1. The van der Waals surface area contributed by atoms with E-state index in [1.54, 1.807) is 14.2 Å². The highest BCUT2D eigenvalue weighted by Crippen LogP contribution is 2.32. The summed E-state index contributed by atoms with van der Waals surface area (Å²) in [5.41, 5.74) is 0.681. The Morgan fingerprint density at radius 3 is 2.27 bits per heavy atom. The van der Waals surface area contributed by atoms with E-state index in [2.05, 4.69) is 10.2 Å². The summed E-state index contributed by atoms with van der Waals surface area (Å²) < 4.78 is 16.4. The maximum Gasteiger partial charge on any atom is 0.227 e. The van der Waals surface area contributed by atoms with Crippen molar-refractivity contribution in [2.45, 2.75) is 39.7 Å². The lowest BCUT2D eigenvalue weighted by Crippen LogP contribution is -2.48. The van der Waals surface area contributed by atoms with Gasteiger partial charge in [-0.15, -0.1) is 0 Å². The predicted octanol–water partition coefficient (Wildman–Crippen LogP) is 2.48. The van der Waals surface area contributed by atoms with Crippen LogP contribution in [0, 0.1) is 11.3 Å². The van der Waals surface area contributed by atoms with E-state index >= 15 is 0 Å². The minimum atomic E-state index is -0.389. The van der Waals surface area contributed by atoms with Gasteiger partial charge in [-0.05, 0) is 30.5 Å². The van der Waals surface area contributed by atoms with Crippen molar-refractivity contribution in [3.63, 3.8) is 0 Å². The zero-order chi connectivity index (χ0) is 24.0. The Labute approximate surface area is 197 Å². The standard InChI is InChI=1S/C25H39N3O5/c1-25(2,3)24(30)28-10-8-18(9-11-28)23(29)26-17-20(27-12-14-33-15-13-27)19-6-7-21(31-4)22(16-19)32-5/h6-7,16,18,20H,8-15,17H2,1-5H3,(H,26,29). The third kappa shape index (κ3) is 6.38. The van der Waals surface area contributed by atoms with Gasteiger partial charge in [-0.2, -0.15) is 0 Å². The van der Waals surface area contributed by atoms with Crippen molar-refractivity contribution in [3.05, 3.63) is 23.8 Å². The van der Waals surface area contributed by atoms with Crippen LogP contribution in [0.1, 0.15) is 45.2 Å². The molecule has 184 valence electrons. The predicted molar refractivity (Wildman–Crippen MR) is 126 cm³/mol. The second-order valence-electron chi connectivity index (χ2n) is 9.84. The molecule has 2 heterocycles. The Hall–Kier alpha value is -2.32. The molecule has 1 N–H and O–H groups in total. The molecule has 0 spiro atoms. The largest absolute Gasteiger partial charge is 0.493 e. The molecule has 3 rings (SSSR count). The van der Waals surface area contributed by atoms with Crippen LogP contribution in [0.25, 0.3) is 0 Å². The van der Waals surface area contributed by atoms with Crippen molar-refractivity contribution < 1.29 is 23.8 Å². The highest BCUT2D eigenvalue weighted by atomic mass is 16.5. The van der Waals surface area contributed by atoms with Crippen LogP contribution < -0.4 is 14.8 Å². The van der Waals surface area contributed by atoms with Crippen LogP contribution in [0.4, 0.5) is 0 Å². The summed E-state index contributed by atoms with van der Waals surface area (Å²) in [6.07, 6.45) is 1.40. The van der Waals surface area contributed by atoms with E-state index in [0.717, 1.165) is 18.7 Å².